The van der Waals surface area contributed by atoms with Crippen molar-refractivity contribution in [2.24, 2.45) is 5.73 Å². The highest BCUT2D eigenvalue weighted by molar-refractivity contribution is 5.83. The van der Waals surface area contributed by atoms with Crippen molar-refractivity contribution >= 4 is 5.91 Å². The number of aromatic amines is 1. The fourth-order valence-electron chi connectivity index (χ4n) is 2.51. The summed E-state index contributed by atoms with van der Waals surface area (Å²) >= 11 is 0. The van der Waals surface area contributed by atoms with E-state index in [1.54, 1.807) is 4.90 Å². The molecule has 3 N–H and O–H groups in total. The Balaban J connectivity index is 1.70. The molecule has 1 amide bonds. The molecule has 3 rings (SSSR count). The van der Waals surface area contributed by atoms with E-state index in [2.05, 4.69) is 15.2 Å². The monoisotopic (exact) mass is 301 g/mol. The number of morpholine rings is 1. The first kappa shape index (κ1) is 14.7. The normalized spacial score (nSPS) is 19.9. The number of hydrogen-bond donors (Lipinski definition) is 2. The average molecular weight is 301 g/mol. The van der Waals surface area contributed by atoms with E-state index >= 15 is 0 Å². The molecule has 2 unspecified atom stereocenters. The SMILES string of the molecule is Cc1nc(C2CN(C(=O)C(N)c3ccccc3)CCO2)n[nH]1. The van der Waals surface area contributed by atoms with E-state index in [0.717, 1.165) is 11.4 Å². The second kappa shape index (κ2) is 6.25. The number of amides is 1. The highest BCUT2D eigenvalue weighted by atomic mass is 16.5. The van der Waals surface area contributed by atoms with Gasteiger partial charge in [0, 0.05) is 6.54 Å². The summed E-state index contributed by atoms with van der Waals surface area (Å²) in [5, 5.41) is 6.90. The van der Waals surface area contributed by atoms with E-state index in [4.69, 9.17) is 10.5 Å². The van der Waals surface area contributed by atoms with Gasteiger partial charge in [0.1, 0.15) is 18.0 Å². The molecule has 1 fully saturated rings. The van der Waals surface area contributed by atoms with Crippen molar-refractivity contribution in [2.75, 3.05) is 19.7 Å². The molecule has 0 spiro atoms. The molecule has 7 heteroatoms. The molecule has 1 saturated heterocycles. The molecule has 0 aliphatic carbocycles. The Morgan fingerprint density at radius 3 is 2.91 bits per heavy atom. The molecule has 2 aromatic rings. The van der Waals surface area contributed by atoms with E-state index in [-0.39, 0.29) is 12.0 Å². The van der Waals surface area contributed by atoms with Crippen LogP contribution in [0.5, 0.6) is 0 Å². The molecule has 7 nitrogen and oxygen atoms in total. The molecule has 1 aromatic carbocycles. The Morgan fingerprint density at radius 1 is 1.45 bits per heavy atom. The fraction of sp³-hybridized carbons (Fsp3) is 0.400. The van der Waals surface area contributed by atoms with Gasteiger partial charge in [-0.1, -0.05) is 30.3 Å². The lowest BCUT2D eigenvalue weighted by Crippen LogP contribution is -2.46. The van der Waals surface area contributed by atoms with Crippen LogP contribution in [0.3, 0.4) is 0 Å². The minimum Gasteiger partial charge on any atom is -0.366 e. The zero-order chi connectivity index (χ0) is 15.5. The van der Waals surface area contributed by atoms with Gasteiger partial charge >= 0.3 is 0 Å². The van der Waals surface area contributed by atoms with Gasteiger partial charge in [-0.3, -0.25) is 9.89 Å². The number of nitrogens with two attached hydrogens (primary N) is 1. The summed E-state index contributed by atoms with van der Waals surface area (Å²) in [7, 11) is 0. The lowest BCUT2D eigenvalue weighted by atomic mass is 10.1. The van der Waals surface area contributed by atoms with Gasteiger partial charge < -0.3 is 15.4 Å². The van der Waals surface area contributed by atoms with Gasteiger partial charge in [0.25, 0.3) is 0 Å². The van der Waals surface area contributed by atoms with E-state index in [9.17, 15) is 4.79 Å². The third kappa shape index (κ3) is 3.00. The standard InChI is InChI=1S/C15H19N5O2/c1-10-17-14(19-18-10)12-9-20(7-8-22-12)15(21)13(16)11-5-3-2-4-6-11/h2-6,12-13H,7-9,16H2,1H3,(H,17,18,19). The summed E-state index contributed by atoms with van der Waals surface area (Å²) < 4.78 is 5.66. The zero-order valence-corrected chi connectivity index (χ0v) is 12.4. The molecule has 0 bridgehead atoms. The predicted molar refractivity (Wildman–Crippen MR) is 79.8 cm³/mol. The number of aryl methyl sites for hydroxylation is 1. The van der Waals surface area contributed by atoms with Crippen molar-refractivity contribution in [3.8, 4) is 0 Å². The number of ether oxygens (including phenoxy) is 1. The summed E-state index contributed by atoms with van der Waals surface area (Å²) in [5.41, 5.74) is 6.90. The second-order valence-electron chi connectivity index (χ2n) is 5.31. The second-order valence-corrected chi connectivity index (χ2v) is 5.31. The lowest BCUT2D eigenvalue weighted by molar-refractivity contribution is -0.140. The van der Waals surface area contributed by atoms with Crippen molar-refractivity contribution in [3.05, 3.63) is 47.5 Å². The summed E-state index contributed by atoms with van der Waals surface area (Å²) in [4.78, 5) is 18.6. The maximum atomic E-state index is 12.6. The van der Waals surface area contributed by atoms with Crippen molar-refractivity contribution in [2.45, 2.75) is 19.1 Å². The molecule has 22 heavy (non-hydrogen) atoms. The van der Waals surface area contributed by atoms with Crippen molar-refractivity contribution in [3.63, 3.8) is 0 Å². The number of nitrogens with zero attached hydrogens (tertiary/aromatic N) is 3. The Labute approximate surface area is 128 Å². The summed E-state index contributed by atoms with van der Waals surface area (Å²) in [6.45, 7) is 3.22. The zero-order valence-electron chi connectivity index (χ0n) is 12.4. The van der Waals surface area contributed by atoms with Crippen molar-refractivity contribution in [1.82, 2.24) is 20.1 Å². The molecule has 1 aromatic heterocycles. The maximum Gasteiger partial charge on any atom is 0.244 e. The van der Waals surface area contributed by atoms with Crippen LogP contribution in [-0.2, 0) is 9.53 Å². The van der Waals surface area contributed by atoms with Crippen LogP contribution >= 0.6 is 0 Å². The molecule has 2 heterocycles. The highest BCUT2D eigenvalue weighted by Gasteiger charge is 2.30. The topological polar surface area (TPSA) is 97.1 Å². The van der Waals surface area contributed by atoms with Gasteiger partial charge in [-0.05, 0) is 12.5 Å². The number of carbonyl (C=O) groups is 1. The first-order valence-corrected chi connectivity index (χ1v) is 7.25. The van der Waals surface area contributed by atoms with Crippen molar-refractivity contribution in [1.29, 1.82) is 0 Å². The van der Waals surface area contributed by atoms with Crippen LogP contribution in [0.2, 0.25) is 0 Å². The van der Waals surface area contributed by atoms with Crippen molar-refractivity contribution < 1.29 is 9.53 Å². The first-order valence-electron chi connectivity index (χ1n) is 7.25. The first-order chi connectivity index (χ1) is 10.6. The lowest BCUT2D eigenvalue weighted by Gasteiger charge is -2.33. The van der Waals surface area contributed by atoms with Crippen LogP contribution in [0, 0.1) is 6.92 Å². The minimum absolute atomic E-state index is 0.105. The van der Waals surface area contributed by atoms with Gasteiger partial charge in [0.2, 0.25) is 5.91 Å². The number of carbonyl (C=O) groups excluding carboxylic acids is 1. The van der Waals surface area contributed by atoms with E-state index in [1.165, 1.54) is 0 Å². The Kier molecular flexibility index (Phi) is 4.17. The Morgan fingerprint density at radius 2 is 2.23 bits per heavy atom. The number of hydrogen-bond acceptors (Lipinski definition) is 5. The number of aromatic nitrogens is 3. The van der Waals surface area contributed by atoms with Crippen LogP contribution in [0.4, 0.5) is 0 Å². The van der Waals surface area contributed by atoms with Gasteiger partial charge in [0.05, 0.1) is 13.2 Å². The molecule has 0 saturated carbocycles. The molecular formula is C15H19N5O2. The average Bonchev–Trinajstić information content (AvgIpc) is 3.01. The molecule has 2 atom stereocenters. The van der Waals surface area contributed by atoms with Crippen LogP contribution in [0.15, 0.2) is 30.3 Å². The summed E-state index contributed by atoms with van der Waals surface area (Å²) in [6.07, 6.45) is -0.314. The smallest absolute Gasteiger partial charge is 0.244 e. The summed E-state index contributed by atoms with van der Waals surface area (Å²) in [6, 6.07) is 8.71. The Hall–Kier alpha value is -2.25. The van der Waals surface area contributed by atoms with Crippen LogP contribution in [0.25, 0.3) is 0 Å². The molecule has 116 valence electrons. The third-order valence-corrected chi connectivity index (χ3v) is 3.71. The van der Waals surface area contributed by atoms with Crippen LogP contribution < -0.4 is 5.73 Å². The Bertz CT molecular complexity index is 642. The van der Waals surface area contributed by atoms with Gasteiger partial charge in [-0.2, -0.15) is 5.10 Å². The number of nitrogens with one attached hydrogen (secondary N) is 1. The van der Waals surface area contributed by atoms with Crippen LogP contribution in [-0.4, -0.2) is 45.7 Å². The molecule has 1 aliphatic rings. The van der Waals surface area contributed by atoms with Gasteiger partial charge in [-0.15, -0.1) is 0 Å². The van der Waals surface area contributed by atoms with E-state index in [1.807, 2.05) is 37.3 Å². The van der Waals surface area contributed by atoms with Gasteiger partial charge in [0.15, 0.2) is 5.82 Å². The number of benzene rings is 1. The largest absolute Gasteiger partial charge is 0.366 e. The molecule has 0 radical (unpaired) electrons. The fourth-order valence-corrected chi connectivity index (χ4v) is 2.51. The minimum atomic E-state index is -0.658. The maximum absolute atomic E-state index is 12.6. The number of H-pyrrole nitrogens is 1. The third-order valence-electron chi connectivity index (χ3n) is 3.71. The summed E-state index contributed by atoms with van der Waals surface area (Å²) in [5.74, 6) is 1.19. The van der Waals surface area contributed by atoms with E-state index in [0.29, 0.717) is 25.5 Å². The number of rotatable bonds is 3. The molecular weight excluding hydrogens is 282 g/mol. The van der Waals surface area contributed by atoms with E-state index < -0.39 is 6.04 Å². The quantitative estimate of drug-likeness (QED) is 0.870. The van der Waals surface area contributed by atoms with Gasteiger partial charge in [-0.25, -0.2) is 4.98 Å². The predicted octanol–water partition coefficient (Wildman–Crippen LogP) is 0.713. The molecule has 1 aliphatic heterocycles. The van der Waals surface area contributed by atoms with Crippen LogP contribution in [0.1, 0.15) is 29.4 Å². The highest BCUT2D eigenvalue weighted by Crippen LogP contribution is 2.21.